The number of hydrogen-bond donors (Lipinski definition) is 1. The maximum atomic E-state index is 4.63. The molecule has 1 aromatic heterocycles. The van der Waals surface area contributed by atoms with E-state index < -0.39 is 0 Å². The first-order valence-corrected chi connectivity index (χ1v) is 8.11. The van der Waals surface area contributed by atoms with Crippen LogP contribution in [0.3, 0.4) is 0 Å². The fourth-order valence-electron chi connectivity index (χ4n) is 3.69. The molecule has 0 bridgehead atoms. The second-order valence-electron chi connectivity index (χ2n) is 7.23. The first-order valence-electron chi connectivity index (χ1n) is 8.11. The SMILES string of the molecule is CNC(c1cnc2ccccc2c1)C1CCC(C)(C)CC1. The molecule has 2 aromatic rings. The summed E-state index contributed by atoms with van der Waals surface area (Å²) in [7, 11) is 2.08. The van der Waals surface area contributed by atoms with Crippen molar-refractivity contribution in [3.63, 3.8) is 0 Å². The van der Waals surface area contributed by atoms with Crippen molar-refractivity contribution >= 4 is 10.9 Å². The molecule has 1 saturated carbocycles. The maximum absolute atomic E-state index is 4.63. The Balaban J connectivity index is 1.84. The third-order valence-corrected chi connectivity index (χ3v) is 5.14. The topological polar surface area (TPSA) is 24.9 Å². The van der Waals surface area contributed by atoms with Crippen molar-refractivity contribution in [2.24, 2.45) is 11.3 Å². The molecule has 1 aliphatic carbocycles. The van der Waals surface area contributed by atoms with Gasteiger partial charge in [-0.1, -0.05) is 32.0 Å². The first-order chi connectivity index (χ1) is 10.1. The van der Waals surface area contributed by atoms with Gasteiger partial charge in [-0.2, -0.15) is 0 Å². The molecule has 1 aromatic carbocycles. The Morgan fingerprint density at radius 2 is 1.90 bits per heavy atom. The van der Waals surface area contributed by atoms with Crippen LogP contribution in [0.15, 0.2) is 36.5 Å². The summed E-state index contributed by atoms with van der Waals surface area (Å²) in [4.78, 5) is 4.63. The first kappa shape index (κ1) is 14.5. The van der Waals surface area contributed by atoms with Crippen molar-refractivity contribution in [1.29, 1.82) is 0 Å². The molecule has 1 N–H and O–H groups in total. The summed E-state index contributed by atoms with van der Waals surface area (Å²) in [6, 6.07) is 11.1. The summed E-state index contributed by atoms with van der Waals surface area (Å²) >= 11 is 0. The Bertz CT molecular complexity index is 608. The number of aromatic nitrogens is 1. The lowest BCUT2D eigenvalue weighted by atomic mass is 9.70. The quantitative estimate of drug-likeness (QED) is 0.881. The summed E-state index contributed by atoms with van der Waals surface area (Å²) in [6.07, 6.45) is 7.34. The molecular weight excluding hydrogens is 256 g/mol. The van der Waals surface area contributed by atoms with Gasteiger partial charge in [-0.25, -0.2) is 0 Å². The number of pyridine rings is 1. The molecular formula is C19H26N2. The smallest absolute Gasteiger partial charge is 0.0702 e. The Kier molecular flexibility index (Phi) is 3.99. The summed E-state index contributed by atoms with van der Waals surface area (Å²) in [5.74, 6) is 0.728. The van der Waals surface area contributed by atoms with E-state index in [1.807, 2.05) is 6.07 Å². The van der Waals surface area contributed by atoms with Crippen molar-refractivity contribution in [3.05, 3.63) is 42.1 Å². The van der Waals surface area contributed by atoms with E-state index in [9.17, 15) is 0 Å². The predicted octanol–water partition coefficient (Wildman–Crippen LogP) is 4.71. The van der Waals surface area contributed by atoms with Crippen molar-refractivity contribution in [3.8, 4) is 0 Å². The van der Waals surface area contributed by atoms with Gasteiger partial charge in [0, 0.05) is 17.6 Å². The van der Waals surface area contributed by atoms with Crippen LogP contribution < -0.4 is 5.32 Å². The monoisotopic (exact) mass is 282 g/mol. The largest absolute Gasteiger partial charge is 0.313 e. The Hall–Kier alpha value is -1.41. The second-order valence-corrected chi connectivity index (χ2v) is 7.23. The number of benzene rings is 1. The molecule has 2 heteroatoms. The molecule has 3 rings (SSSR count). The van der Waals surface area contributed by atoms with Crippen LogP contribution in [-0.2, 0) is 0 Å². The van der Waals surface area contributed by atoms with Gasteiger partial charge in [0.2, 0.25) is 0 Å². The molecule has 21 heavy (non-hydrogen) atoms. The van der Waals surface area contributed by atoms with E-state index in [-0.39, 0.29) is 0 Å². The minimum atomic E-state index is 0.429. The van der Waals surface area contributed by atoms with Crippen molar-refractivity contribution in [2.75, 3.05) is 7.05 Å². The van der Waals surface area contributed by atoms with Crippen molar-refractivity contribution < 1.29 is 0 Å². The molecule has 0 radical (unpaired) electrons. The van der Waals surface area contributed by atoms with E-state index in [4.69, 9.17) is 0 Å². The lowest BCUT2D eigenvalue weighted by molar-refractivity contribution is 0.164. The summed E-state index contributed by atoms with van der Waals surface area (Å²) in [6.45, 7) is 4.80. The zero-order valence-electron chi connectivity index (χ0n) is 13.4. The fraction of sp³-hybridized carbons (Fsp3) is 0.526. The van der Waals surface area contributed by atoms with Crippen molar-refractivity contribution in [1.82, 2.24) is 10.3 Å². The normalized spacial score (nSPS) is 20.5. The minimum absolute atomic E-state index is 0.429. The Morgan fingerprint density at radius 3 is 2.62 bits per heavy atom. The molecule has 1 unspecified atom stereocenters. The lowest BCUT2D eigenvalue weighted by Gasteiger charge is -2.38. The van der Waals surface area contributed by atoms with Crippen LogP contribution in [0.2, 0.25) is 0 Å². The number of rotatable bonds is 3. The molecule has 1 fully saturated rings. The number of hydrogen-bond acceptors (Lipinski definition) is 2. The van der Waals surface area contributed by atoms with Crippen LogP contribution in [0.5, 0.6) is 0 Å². The Labute approximate surface area is 128 Å². The third kappa shape index (κ3) is 3.11. The fourth-order valence-corrected chi connectivity index (χ4v) is 3.69. The van der Waals surface area contributed by atoms with Gasteiger partial charge in [-0.05, 0) is 61.8 Å². The highest BCUT2D eigenvalue weighted by Gasteiger charge is 2.31. The van der Waals surface area contributed by atoms with Gasteiger partial charge in [-0.15, -0.1) is 0 Å². The van der Waals surface area contributed by atoms with Crippen molar-refractivity contribution in [2.45, 2.75) is 45.6 Å². The summed E-state index contributed by atoms with van der Waals surface area (Å²) in [5.41, 5.74) is 2.94. The summed E-state index contributed by atoms with van der Waals surface area (Å²) < 4.78 is 0. The zero-order valence-corrected chi connectivity index (χ0v) is 13.4. The lowest BCUT2D eigenvalue weighted by Crippen LogP contribution is -2.31. The molecule has 0 spiro atoms. The van der Waals surface area contributed by atoms with Crippen LogP contribution in [0.4, 0.5) is 0 Å². The zero-order chi connectivity index (χ0) is 14.9. The highest BCUT2D eigenvalue weighted by Crippen LogP contribution is 2.42. The molecule has 2 nitrogen and oxygen atoms in total. The highest BCUT2D eigenvalue weighted by molar-refractivity contribution is 5.78. The van der Waals surface area contributed by atoms with E-state index in [0.717, 1.165) is 11.4 Å². The van der Waals surface area contributed by atoms with Crippen LogP contribution in [0.25, 0.3) is 10.9 Å². The average molecular weight is 282 g/mol. The van der Waals surface area contributed by atoms with Crippen LogP contribution >= 0.6 is 0 Å². The van der Waals surface area contributed by atoms with E-state index >= 15 is 0 Å². The molecule has 0 amide bonds. The maximum Gasteiger partial charge on any atom is 0.0702 e. The minimum Gasteiger partial charge on any atom is -0.313 e. The number of nitrogens with zero attached hydrogens (tertiary/aromatic N) is 1. The molecule has 112 valence electrons. The van der Waals surface area contributed by atoms with Crippen LogP contribution in [0.1, 0.15) is 51.1 Å². The van der Waals surface area contributed by atoms with E-state index in [1.165, 1.54) is 36.6 Å². The van der Waals surface area contributed by atoms with Gasteiger partial charge in [0.15, 0.2) is 0 Å². The third-order valence-electron chi connectivity index (χ3n) is 5.14. The van der Waals surface area contributed by atoms with Gasteiger partial charge >= 0.3 is 0 Å². The standard InChI is InChI=1S/C19H26N2/c1-19(2)10-8-14(9-11-19)18(20-3)16-12-15-6-4-5-7-17(15)21-13-16/h4-7,12-14,18,20H,8-11H2,1-3H3. The van der Waals surface area contributed by atoms with E-state index in [0.29, 0.717) is 11.5 Å². The van der Waals surface area contributed by atoms with Gasteiger partial charge in [0.25, 0.3) is 0 Å². The molecule has 0 aliphatic heterocycles. The Morgan fingerprint density at radius 1 is 1.19 bits per heavy atom. The average Bonchev–Trinajstić information content (AvgIpc) is 2.49. The van der Waals surface area contributed by atoms with Crippen LogP contribution in [-0.4, -0.2) is 12.0 Å². The molecule has 1 heterocycles. The van der Waals surface area contributed by atoms with Gasteiger partial charge < -0.3 is 5.32 Å². The molecule has 0 saturated heterocycles. The van der Waals surface area contributed by atoms with Gasteiger partial charge in [0.1, 0.15) is 0 Å². The predicted molar refractivity (Wildman–Crippen MR) is 89.3 cm³/mol. The number of fused-ring (bicyclic) bond motifs is 1. The number of para-hydroxylation sites is 1. The van der Waals surface area contributed by atoms with Gasteiger partial charge in [-0.3, -0.25) is 4.98 Å². The summed E-state index contributed by atoms with van der Waals surface area (Å²) in [5, 5.41) is 4.78. The highest BCUT2D eigenvalue weighted by atomic mass is 14.9. The van der Waals surface area contributed by atoms with E-state index in [1.54, 1.807) is 0 Å². The molecule has 1 atom stereocenters. The van der Waals surface area contributed by atoms with Gasteiger partial charge in [0.05, 0.1) is 5.52 Å². The molecule has 1 aliphatic rings. The second kappa shape index (κ2) is 5.76. The van der Waals surface area contributed by atoms with Crippen LogP contribution in [0, 0.1) is 11.3 Å². The van der Waals surface area contributed by atoms with E-state index in [2.05, 4.69) is 61.7 Å². The number of nitrogens with one attached hydrogen (secondary N) is 1.